The highest BCUT2D eigenvalue weighted by atomic mass is 79.9. The van der Waals surface area contributed by atoms with Gasteiger partial charge in [-0.3, -0.25) is 4.79 Å². The van der Waals surface area contributed by atoms with E-state index in [-0.39, 0.29) is 5.91 Å². The normalized spacial score (nSPS) is 18.0. The van der Waals surface area contributed by atoms with Gasteiger partial charge < -0.3 is 5.32 Å². The van der Waals surface area contributed by atoms with Crippen LogP contribution in [0.25, 0.3) is 6.08 Å². The number of hydrogen-bond donors (Lipinski definition) is 1. The molecule has 1 heterocycles. The smallest absolute Gasteiger partial charge is 0.264 e. The summed E-state index contributed by atoms with van der Waals surface area (Å²) in [6.45, 7) is 0. The number of aliphatic imine (C=N–C) groups is 1. The number of hydrogen-bond acceptors (Lipinski definition) is 3. The van der Waals surface area contributed by atoms with Gasteiger partial charge in [0, 0.05) is 4.47 Å². The maximum atomic E-state index is 12.0. The van der Waals surface area contributed by atoms with Crippen LogP contribution in [0, 0.1) is 0 Å². The summed E-state index contributed by atoms with van der Waals surface area (Å²) in [7, 11) is 0. The minimum atomic E-state index is -0.157. The molecular formula is C16H10BrClN2OS. The Morgan fingerprint density at radius 1 is 1.18 bits per heavy atom. The molecule has 0 radical (unpaired) electrons. The van der Waals surface area contributed by atoms with E-state index >= 15 is 0 Å². The molecule has 0 aliphatic carbocycles. The van der Waals surface area contributed by atoms with Crippen LogP contribution in [-0.2, 0) is 4.79 Å². The van der Waals surface area contributed by atoms with Crippen molar-refractivity contribution in [2.75, 3.05) is 0 Å². The number of nitrogens with zero attached hydrogens (tertiary/aromatic N) is 1. The first kappa shape index (κ1) is 15.3. The van der Waals surface area contributed by atoms with Gasteiger partial charge in [0.15, 0.2) is 5.17 Å². The summed E-state index contributed by atoms with van der Waals surface area (Å²) in [6.07, 6.45) is 1.83. The lowest BCUT2D eigenvalue weighted by atomic mass is 10.2. The Morgan fingerprint density at radius 2 is 2.00 bits per heavy atom. The number of amides is 1. The van der Waals surface area contributed by atoms with E-state index in [1.54, 1.807) is 12.1 Å². The average Bonchev–Trinajstić information content (AvgIpc) is 2.81. The minimum absolute atomic E-state index is 0.157. The van der Waals surface area contributed by atoms with Crippen LogP contribution < -0.4 is 5.32 Å². The fraction of sp³-hybridized carbons (Fsp3) is 0. The summed E-state index contributed by atoms with van der Waals surface area (Å²) in [5.41, 5.74) is 1.58. The minimum Gasteiger partial charge on any atom is -0.300 e. The molecule has 1 aliphatic rings. The molecule has 1 fully saturated rings. The van der Waals surface area contributed by atoms with Crippen molar-refractivity contribution in [1.29, 1.82) is 0 Å². The first-order chi connectivity index (χ1) is 10.6. The molecule has 1 aliphatic heterocycles. The van der Waals surface area contributed by atoms with Crippen molar-refractivity contribution in [1.82, 2.24) is 5.32 Å². The van der Waals surface area contributed by atoms with Gasteiger partial charge in [0.2, 0.25) is 0 Å². The Bertz CT molecular complexity index is 804. The number of benzene rings is 2. The second-order valence-corrected chi connectivity index (χ2v) is 6.84. The molecule has 22 heavy (non-hydrogen) atoms. The monoisotopic (exact) mass is 392 g/mol. The third kappa shape index (κ3) is 3.61. The molecule has 3 rings (SSSR count). The van der Waals surface area contributed by atoms with Crippen molar-refractivity contribution in [2.45, 2.75) is 0 Å². The lowest BCUT2D eigenvalue weighted by molar-refractivity contribution is -0.115. The van der Waals surface area contributed by atoms with Gasteiger partial charge in [0.1, 0.15) is 0 Å². The number of thioether (sulfide) groups is 1. The standard InChI is InChI=1S/C16H10BrClN2OS/c17-11-5-3-4-10(8-11)9-14-15(21)20-16(22-14)19-13-7-2-1-6-12(13)18/h1-9H,(H,19,20,21)/b14-9-. The summed E-state index contributed by atoms with van der Waals surface area (Å²) in [5, 5.41) is 3.83. The van der Waals surface area contributed by atoms with E-state index in [2.05, 4.69) is 26.2 Å². The number of carbonyl (C=O) groups is 1. The van der Waals surface area contributed by atoms with E-state index in [4.69, 9.17) is 11.6 Å². The van der Waals surface area contributed by atoms with Crippen LogP contribution in [0.2, 0.25) is 5.02 Å². The number of halogens is 2. The predicted octanol–water partition coefficient (Wildman–Crippen LogP) is 4.99. The summed E-state index contributed by atoms with van der Waals surface area (Å²) in [5.74, 6) is -0.157. The quantitative estimate of drug-likeness (QED) is 0.730. The molecule has 2 aromatic carbocycles. The Balaban J connectivity index is 1.86. The maximum Gasteiger partial charge on any atom is 0.264 e. The van der Waals surface area contributed by atoms with E-state index in [9.17, 15) is 4.79 Å². The van der Waals surface area contributed by atoms with Gasteiger partial charge in [0.05, 0.1) is 15.6 Å². The van der Waals surface area contributed by atoms with Crippen molar-refractivity contribution in [3.05, 3.63) is 68.5 Å². The first-order valence-electron chi connectivity index (χ1n) is 6.41. The fourth-order valence-electron chi connectivity index (χ4n) is 1.88. The SMILES string of the molecule is O=C1NC(=Nc2ccccc2Cl)S/C1=C\c1cccc(Br)c1. The van der Waals surface area contributed by atoms with E-state index in [0.717, 1.165) is 10.0 Å². The molecule has 1 saturated heterocycles. The zero-order valence-electron chi connectivity index (χ0n) is 11.2. The topological polar surface area (TPSA) is 41.5 Å². The largest absolute Gasteiger partial charge is 0.300 e. The lowest BCUT2D eigenvalue weighted by Crippen LogP contribution is -2.19. The lowest BCUT2D eigenvalue weighted by Gasteiger charge is -1.98. The zero-order valence-corrected chi connectivity index (χ0v) is 14.4. The second kappa shape index (κ2) is 6.69. The average molecular weight is 394 g/mol. The van der Waals surface area contributed by atoms with Crippen LogP contribution in [-0.4, -0.2) is 11.1 Å². The molecule has 0 atom stereocenters. The Hall–Kier alpha value is -1.56. The highest BCUT2D eigenvalue weighted by Gasteiger charge is 2.23. The molecule has 2 aromatic rings. The Kier molecular flexibility index (Phi) is 4.66. The van der Waals surface area contributed by atoms with Crippen LogP contribution in [0.15, 0.2) is 62.9 Å². The molecule has 0 bridgehead atoms. The third-order valence-electron chi connectivity index (χ3n) is 2.87. The molecule has 0 unspecified atom stereocenters. The van der Waals surface area contributed by atoms with Crippen LogP contribution in [0.1, 0.15) is 5.56 Å². The molecule has 6 heteroatoms. The third-order valence-corrected chi connectivity index (χ3v) is 4.59. The van der Waals surface area contributed by atoms with Crippen molar-refractivity contribution < 1.29 is 4.79 Å². The molecule has 0 spiro atoms. The van der Waals surface area contributed by atoms with Gasteiger partial charge in [-0.25, -0.2) is 4.99 Å². The second-order valence-electron chi connectivity index (χ2n) is 4.49. The molecule has 1 N–H and O–H groups in total. The van der Waals surface area contributed by atoms with Gasteiger partial charge in [-0.05, 0) is 47.7 Å². The zero-order chi connectivity index (χ0) is 15.5. The van der Waals surface area contributed by atoms with Gasteiger partial charge >= 0.3 is 0 Å². The molecule has 0 saturated carbocycles. The molecule has 0 aromatic heterocycles. The summed E-state index contributed by atoms with van der Waals surface area (Å²) < 4.78 is 0.968. The molecule has 110 valence electrons. The molecule has 3 nitrogen and oxygen atoms in total. The van der Waals surface area contributed by atoms with Crippen molar-refractivity contribution in [2.24, 2.45) is 4.99 Å². The maximum absolute atomic E-state index is 12.0. The number of nitrogens with one attached hydrogen (secondary N) is 1. The van der Waals surface area contributed by atoms with E-state index in [1.807, 2.05) is 42.5 Å². The van der Waals surface area contributed by atoms with Crippen LogP contribution >= 0.6 is 39.3 Å². The Morgan fingerprint density at radius 3 is 2.77 bits per heavy atom. The van der Waals surface area contributed by atoms with Gasteiger partial charge in [-0.15, -0.1) is 0 Å². The summed E-state index contributed by atoms with van der Waals surface area (Å²) in [4.78, 5) is 17.0. The van der Waals surface area contributed by atoms with Crippen molar-refractivity contribution in [3.8, 4) is 0 Å². The van der Waals surface area contributed by atoms with Crippen LogP contribution in [0.3, 0.4) is 0 Å². The van der Waals surface area contributed by atoms with E-state index in [1.165, 1.54) is 11.8 Å². The number of carbonyl (C=O) groups excluding carboxylic acids is 1. The van der Waals surface area contributed by atoms with Gasteiger partial charge in [-0.1, -0.05) is 51.8 Å². The van der Waals surface area contributed by atoms with E-state index in [0.29, 0.717) is 20.8 Å². The number of amidine groups is 1. The molecular weight excluding hydrogens is 384 g/mol. The van der Waals surface area contributed by atoms with E-state index < -0.39 is 0 Å². The van der Waals surface area contributed by atoms with Crippen molar-refractivity contribution >= 4 is 62.1 Å². The van der Waals surface area contributed by atoms with Crippen LogP contribution in [0.5, 0.6) is 0 Å². The van der Waals surface area contributed by atoms with Gasteiger partial charge in [-0.2, -0.15) is 0 Å². The fourth-order valence-corrected chi connectivity index (χ4v) is 3.31. The number of para-hydroxylation sites is 1. The highest BCUT2D eigenvalue weighted by molar-refractivity contribution is 9.10. The summed E-state index contributed by atoms with van der Waals surface area (Å²) in [6, 6.07) is 15.0. The van der Waals surface area contributed by atoms with Gasteiger partial charge in [0.25, 0.3) is 5.91 Å². The predicted molar refractivity (Wildman–Crippen MR) is 96.4 cm³/mol. The molecule has 1 amide bonds. The Labute approximate surface area is 145 Å². The summed E-state index contributed by atoms with van der Waals surface area (Å²) >= 11 is 10.8. The highest BCUT2D eigenvalue weighted by Crippen LogP contribution is 2.30. The first-order valence-corrected chi connectivity index (χ1v) is 8.40. The van der Waals surface area contributed by atoms with Crippen LogP contribution in [0.4, 0.5) is 5.69 Å². The number of rotatable bonds is 2. The van der Waals surface area contributed by atoms with Crippen molar-refractivity contribution in [3.63, 3.8) is 0 Å².